The van der Waals surface area contributed by atoms with Crippen LogP contribution in [0.1, 0.15) is 26.4 Å². The molecule has 5 nitrogen and oxygen atoms in total. The molecule has 2 rings (SSSR count). The number of benzene rings is 1. The fourth-order valence-corrected chi connectivity index (χ4v) is 2.01. The number of nitrogens with one attached hydrogen (secondary N) is 1. The number of esters is 1. The maximum absolute atomic E-state index is 12.0. The Morgan fingerprint density at radius 3 is 2.76 bits per heavy atom. The van der Waals surface area contributed by atoms with E-state index in [1.165, 1.54) is 13.3 Å². The Labute approximate surface area is 127 Å². The topological polar surface area (TPSA) is 68.3 Å². The minimum absolute atomic E-state index is 0.214. The highest BCUT2D eigenvalue weighted by atomic mass is 32.1. The van der Waals surface area contributed by atoms with Crippen LogP contribution in [0.15, 0.2) is 47.5 Å². The van der Waals surface area contributed by atoms with Crippen LogP contribution in [0.5, 0.6) is 0 Å². The Balaban J connectivity index is 2.05. The Morgan fingerprint density at radius 2 is 2.05 bits per heavy atom. The zero-order valence-electron chi connectivity index (χ0n) is 11.4. The third-order valence-corrected chi connectivity index (χ3v) is 3.21. The first kappa shape index (κ1) is 15.1. The van der Waals surface area contributed by atoms with Gasteiger partial charge in [0, 0.05) is 11.1 Å². The van der Waals surface area contributed by atoms with Crippen LogP contribution in [0, 0.1) is 0 Å². The maximum atomic E-state index is 12.0. The van der Waals surface area contributed by atoms with E-state index in [4.69, 9.17) is 0 Å². The summed E-state index contributed by atoms with van der Waals surface area (Å²) in [7, 11) is 1.31. The van der Waals surface area contributed by atoms with Gasteiger partial charge in [0.15, 0.2) is 0 Å². The highest BCUT2D eigenvalue weighted by Crippen LogP contribution is 2.12. The van der Waals surface area contributed by atoms with Crippen LogP contribution in [-0.2, 0) is 11.3 Å². The molecule has 0 fully saturated rings. The lowest BCUT2D eigenvalue weighted by Crippen LogP contribution is -2.23. The average Bonchev–Trinajstić information content (AvgIpc) is 2.52. The number of pyridine rings is 1. The monoisotopic (exact) mass is 302 g/mol. The molecule has 1 amide bonds. The van der Waals surface area contributed by atoms with Crippen molar-refractivity contribution in [3.05, 3.63) is 59.4 Å². The van der Waals surface area contributed by atoms with Crippen LogP contribution in [0.4, 0.5) is 0 Å². The number of thiol groups is 1. The fraction of sp³-hybridized carbons (Fsp3) is 0.133. The van der Waals surface area contributed by atoms with Gasteiger partial charge < -0.3 is 10.1 Å². The molecule has 0 unspecified atom stereocenters. The van der Waals surface area contributed by atoms with Gasteiger partial charge in [0.1, 0.15) is 0 Å². The third kappa shape index (κ3) is 3.82. The Kier molecular flexibility index (Phi) is 4.94. The highest BCUT2D eigenvalue weighted by Gasteiger charge is 2.10. The molecule has 0 radical (unpaired) electrons. The number of carbonyl (C=O) groups excluding carboxylic acids is 2. The van der Waals surface area contributed by atoms with E-state index in [1.54, 1.807) is 36.4 Å². The average molecular weight is 302 g/mol. The van der Waals surface area contributed by atoms with E-state index in [-0.39, 0.29) is 12.5 Å². The van der Waals surface area contributed by atoms with Crippen molar-refractivity contribution in [3.63, 3.8) is 0 Å². The van der Waals surface area contributed by atoms with Gasteiger partial charge in [-0.05, 0) is 24.3 Å². The van der Waals surface area contributed by atoms with Crippen LogP contribution in [-0.4, -0.2) is 24.0 Å². The zero-order chi connectivity index (χ0) is 15.2. The summed E-state index contributed by atoms with van der Waals surface area (Å²) >= 11 is 4.24. The van der Waals surface area contributed by atoms with Crippen molar-refractivity contribution in [1.82, 2.24) is 10.3 Å². The second-order valence-corrected chi connectivity index (χ2v) is 4.71. The number of ether oxygens (including phenoxy) is 1. The molecule has 1 heterocycles. The molecule has 2 aromatic rings. The molecule has 0 spiro atoms. The number of hydrogen-bond donors (Lipinski definition) is 2. The van der Waals surface area contributed by atoms with E-state index < -0.39 is 5.97 Å². The second-order valence-electron chi connectivity index (χ2n) is 4.23. The normalized spacial score (nSPS) is 10.0. The molecule has 0 aliphatic rings. The molecule has 0 saturated carbocycles. The molecule has 0 aliphatic carbocycles. The van der Waals surface area contributed by atoms with Crippen LogP contribution in [0.25, 0.3) is 0 Å². The number of carbonyl (C=O) groups is 2. The number of hydrogen-bond acceptors (Lipinski definition) is 5. The number of aromatic nitrogens is 1. The first-order valence-electron chi connectivity index (χ1n) is 6.21. The van der Waals surface area contributed by atoms with Crippen LogP contribution >= 0.6 is 12.6 Å². The first-order valence-corrected chi connectivity index (χ1v) is 6.66. The van der Waals surface area contributed by atoms with Gasteiger partial charge in [-0.2, -0.15) is 0 Å². The van der Waals surface area contributed by atoms with E-state index in [0.29, 0.717) is 21.7 Å². The first-order chi connectivity index (χ1) is 10.1. The Morgan fingerprint density at radius 1 is 1.29 bits per heavy atom. The predicted molar refractivity (Wildman–Crippen MR) is 80.4 cm³/mol. The van der Waals surface area contributed by atoms with Crippen molar-refractivity contribution in [2.24, 2.45) is 0 Å². The molecule has 0 aliphatic heterocycles. The smallest absolute Gasteiger partial charge is 0.337 e. The van der Waals surface area contributed by atoms with E-state index in [1.807, 2.05) is 0 Å². The summed E-state index contributed by atoms with van der Waals surface area (Å²) in [6.45, 7) is 0.214. The van der Waals surface area contributed by atoms with Gasteiger partial charge in [0.05, 0.1) is 30.5 Å². The summed E-state index contributed by atoms with van der Waals surface area (Å²) in [4.78, 5) is 28.2. The molecular weight excluding hydrogens is 288 g/mol. The van der Waals surface area contributed by atoms with Gasteiger partial charge in [-0.25, -0.2) is 4.79 Å². The van der Waals surface area contributed by atoms with E-state index in [9.17, 15) is 9.59 Å². The quantitative estimate of drug-likeness (QED) is 0.670. The Hall–Kier alpha value is -2.34. The van der Waals surface area contributed by atoms with Gasteiger partial charge in [0.25, 0.3) is 5.91 Å². The van der Waals surface area contributed by atoms with Crippen LogP contribution < -0.4 is 5.32 Å². The van der Waals surface area contributed by atoms with Gasteiger partial charge in [0.2, 0.25) is 0 Å². The summed E-state index contributed by atoms with van der Waals surface area (Å²) in [5, 5.41) is 2.74. The lowest BCUT2D eigenvalue weighted by Gasteiger charge is -2.07. The minimum Gasteiger partial charge on any atom is -0.465 e. The molecule has 0 saturated heterocycles. The summed E-state index contributed by atoms with van der Waals surface area (Å²) in [5.41, 5.74) is 1.46. The Bertz CT molecular complexity index is 673. The highest BCUT2D eigenvalue weighted by molar-refractivity contribution is 7.80. The molecule has 0 atom stereocenters. The molecule has 6 heteroatoms. The van der Waals surface area contributed by atoms with Gasteiger partial charge in [-0.3, -0.25) is 9.78 Å². The van der Waals surface area contributed by atoms with Gasteiger partial charge in [-0.1, -0.05) is 12.1 Å². The van der Waals surface area contributed by atoms with Crippen LogP contribution in [0.3, 0.4) is 0 Å². The van der Waals surface area contributed by atoms with E-state index in [0.717, 1.165) is 0 Å². The SMILES string of the molecule is COC(=O)c1ccnc(CNC(=O)c2ccccc2S)c1. The van der Waals surface area contributed by atoms with Crippen molar-refractivity contribution in [2.45, 2.75) is 11.4 Å². The molecule has 1 aromatic heterocycles. The molecule has 1 N–H and O–H groups in total. The fourth-order valence-electron chi connectivity index (χ4n) is 1.75. The van der Waals surface area contributed by atoms with Gasteiger partial charge >= 0.3 is 5.97 Å². The standard InChI is InChI=1S/C15H14N2O3S/c1-20-15(19)10-6-7-16-11(8-10)9-17-14(18)12-4-2-3-5-13(12)21/h2-8,21H,9H2,1H3,(H,17,18). The van der Waals surface area contributed by atoms with Gasteiger partial charge in [-0.15, -0.1) is 12.6 Å². The minimum atomic E-state index is -0.439. The molecule has 108 valence electrons. The van der Waals surface area contributed by atoms with Crippen molar-refractivity contribution in [2.75, 3.05) is 7.11 Å². The molecule has 0 bridgehead atoms. The van der Waals surface area contributed by atoms with Crippen molar-refractivity contribution in [1.29, 1.82) is 0 Å². The summed E-state index contributed by atoms with van der Waals surface area (Å²) in [6, 6.07) is 10.1. The second kappa shape index (κ2) is 6.90. The molecule has 1 aromatic carbocycles. The summed E-state index contributed by atoms with van der Waals surface area (Å²) < 4.78 is 4.64. The molecule has 21 heavy (non-hydrogen) atoms. The number of methoxy groups -OCH3 is 1. The van der Waals surface area contributed by atoms with Crippen molar-refractivity contribution >= 4 is 24.5 Å². The van der Waals surface area contributed by atoms with Crippen molar-refractivity contribution in [3.8, 4) is 0 Å². The summed E-state index contributed by atoms with van der Waals surface area (Å²) in [5.74, 6) is -0.684. The lowest BCUT2D eigenvalue weighted by molar-refractivity contribution is 0.0600. The number of amides is 1. The van der Waals surface area contributed by atoms with Crippen LogP contribution in [0.2, 0.25) is 0 Å². The maximum Gasteiger partial charge on any atom is 0.337 e. The van der Waals surface area contributed by atoms with Crippen molar-refractivity contribution < 1.29 is 14.3 Å². The molecular formula is C15H14N2O3S. The third-order valence-electron chi connectivity index (χ3n) is 2.82. The lowest BCUT2D eigenvalue weighted by atomic mass is 10.2. The van der Waals surface area contributed by atoms with E-state index >= 15 is 0 Å². The predicted octanol–water partition coefficient (Wildman–Crippen LogP) is 2.09. The number of nitrogens with zero attached hydrogens (tertiary/aromatic N) is 1. The summed E-state index contributed by atoms with van der Waals surface area (Å²) in [6.07, 6.45) is 1.50. The van der Waals surface area contributed by atoms with E-state index in [2.05, 4.69) is 27.7 Å². The zero-order valence-corrected chi connectivity index (χ0v) is 12.3. The number of rotatable bonds is 4. The largest absolute Gasteiger partial charge is 0.465 e.